The quantitative estimate of drug-likeness (QED) is 0.166. The molecule has 2 aromatic rings. The summed E-state index contributed by atoms with van der Waals surface area (Å²) >= 11 is 0. The minimum absolute atomic E-state index is 0.0619. The van der Waals surface area contributed by atoms with Crippen molar-refractivity contribution in [3.05, 3.63) is 65.7 Å². The zero-order chi connectivity index (χ0) is 42.2. The summed E-state index contributed by atoms with van der Waals surface area (Å²) in [5.41, 5.74) is 1.56. The van der Waals surface area contributed by atoms with E-state index in [2.05, 4.69) is 31.9 Å². The number of hydrogen-bond donors (Lipinski definition) is 8. The Morgan fingerprint density at radius 3 is 2.11 bits per heavy atom. The molecular weight excluding hydrogens is 734 g/mol. The molecule has 7 amide bonds. The van der Waals surface area contributed by atoms with E-state index in [1.807, 2.05) is 30.3 Å². The van der Waals surface area contributed by atoms with E-state index in [1.165, 1.54) is 31.0 Å². The Morgan fingerprint density at radius 1 is 0.842 bits per heavy atom. The van der Waals surface area contributed by atoms with E-state index in [9.17, 15) is 43.8 Å². The van der Waals surface area contributed by atoms with Crippen LogP contribution in [0.1, 0.15) is 77.8 Å². The van der Waals surface area contributed by atoms with Crippen LogP contribution in [0.5, 0.6) is 5.75 Å². The highest BCUT2D eigenvalue weighted by Crippen LogP contribution is 2.16. The number of nitrogens with one attached hydrogen (secondary N) is 6. The molecule has 1 heterocycles. The predicted molar refractivity (Wildman–Crippen MR) is 213 cm³/mol. The third-order valence-electron chi connectivity index (χ3n) is 10.3. The van der Waals surface area contributed by atoms with Gasteiger partial charge in [-0.15, -0.1) is 0 Å². The SMILES string of the molecule is CC[C@H](C)[C@H](NC(=O)N[C@@H]1CCCCNC(=O)[C@H](Cc2ccccc2)NC(=O)[C@H](C)N(C)C(=O)[C@H](CCc2ccc(O)cc2)NC(=O)[C@H](C(C)C)NC1=O)C(=O)O. The number of carbonyl (C=O) groups is 7. The van der Waals surface area contributed by atoms with E-state index in [-0.39, 0.29) is 31.6 Å². The minimum Gasteiger partial charge on any atom is -0.508 e. The number of phenols is 1. The Hall–Kier alpha value is -5.67. The molecule has 1 saturated heterocycles. The maximum Gasteiger partial charge on any atom is 0.326 e. The van der Waals surface area contributed by atoms with E-state index in [0.29, 0.717) is 25.7 Å². The predicted octanol–water partition coefficient (Wildman–Crippen LogP) is 1.99. The standard InChI is InChI=1S/C41H59N7O9/c1-7-25(4)34(40(55)56)47-41(57)45-30-15-11-12-22-42-36(51)32(23-28-13-9-8-10-14-28)44-35(50)26(5)48(6)39(54)31(21-18-27-16-19-29(49)20-17-27)43-38(53)33(24(2)3)46-37(30)52/h8-10,13-14,16-17,19-20,24-26,30-34,49H,7,11-12,15,18,21-23H2,1-6H3,(H,42,51)(H,43,53)(H,44,50)(H,46,52)(H,55,56)(H2,45,47,57)/t25-,26-,30+,31-,32-,33-,34-/m0/s1. The molecule has 312 valence electrons. The number of carboxylic acids is 1. The Bertz CT molecular complexity index is 1690. The average molecular weight is 794 g/mol. The lowest BCUT2D eigenvalue weighted by Crippen LogP contribution is -2.60. The number of likely N-dealkylation sites (N-methyl/N-ethyl adjacent to an activating group) is 1. The fourth-order valence-electron chi connectivity index (χ4n) is 6.35. The van der Waals surface area contributed by atoms with Crippen LogP contribution < -0.4 is 31.9 Å². The Morgan fingerprint density at radius 2 is 1.49 bits per heavy atom. The molecule has 8 N–H and O–H groups in total. The van der Waals surface area contributed by atoms with Crippen molar-refractivity contribution in [2.24, 2.45) is 11.8 Å². The van der Waals surface area contributed by atoms with Crippen molar-refractivity contribution in [3.63, 3.8) is 0 Å². The molecule has 0 aliphatic carbocycles. The average Bonchev–Trinajstić information content (AvgIpc) is 3.18. The van der Waals surface area contributed by atoms with Gasteiger partial charge in [-0.05, 0) is 74.1 Å². The fourth-order valence-corrected chi connectivity index (χ4v) is 6.35. The largest absolute Gasteiger partial charge is 0.508 e. The molecule has 0 saturated carbocycles. The third kappa shape index (κ3) is 14.1. The number of urea groups is 1. The molecule has 0 spiro atoms. The van der Waals surface area contributed by atoms with Gasteiger partial charge in [0.1, 0.15) is 42.0 Å². The van der Waals surface area contributed by atoms with Crippen molar-refractivity contribution in [2.75, 3.05) is 13.6 Å². The number of benzene rings is 2. The highest BCUT2D eigenvalue weighted by atomic mass is 16.4. The van der Waals surface area contributed by atoms with Crippen molar-refractivity contribution in [2.45, 2.75) is 116 Å². The highest BCUT2D eigenvalue weighted by molar-refractivity contribution is 5.96. The molecule has 0 radical (unpaired) electrons. The third-order valence-corrected chi connectivity index (χ3v) is 10.3. The second kappa shape index (κ2) is 22.2. The van der Waals surface area contributed by atoms with Crippen molar-refractivity contribution in [1.82, 2.24) is 36.8 Å². The first-order chi connectivity index (χ1) is 27.0. The van der Waals surface area contributed by atoms with Crippen molar-refractivity contribution in [3.8, 4) is 5.75 Å². The van der Waals surface area contributed by atoms with Crippen molar-refractivity contribution >= 4 is 41.5 Å². The van der Waals surface area contributed by atoms with Crippen LogP contribution in [0.15, 0.2) is 54.6 Å². The van der Waals surface area contributed by atoms with Gasteiger partial charge in [-0.25, -0.2) is 9.59 Å². The number of nitrogens with zero attached hydrogens (tertiary/aromatic N) is 1. The van der Waals surface area contributed by atoms with Gasteiger partial charge in [0.05, 0.1) is 0 Å². The van der Waals surface area contributed by atoms with E-state index in [1.54, 1.807) is 39.8 Å². The fraction of sp³-hybridized carbons (Fsp3) is 0.537. The molecular formula is C41H59N7O9. The van der Waals surface area contributed by atoms with Crippen LogP contribution in [-0.4, -0.2) is 106 Å². The summed E-state index contributed by atoms with van der Waals surface area (Å²) < 4.78 is 0. The van der Waals surface area contributed by atoms with E-state index in [4.69, 9.17) is 0 Å². The maximum atomic E-state index is 14.1. The molecule has 1 aliphatic rings. The van der Waals surface area contributed by atoms with Crippen LogP contribution in [0.2, 0.25) is 0 Å². The first-order valence-electron chi connectivity index (χ1n) is 19.6. The van der Waals surface area contributed by atoms with Crippen LogP contribution in [0.3, 0.4) is 0 Å². The van der Waals surface area contributed by atoms with Gasteiger partial charge < -0.3 is 47.0 Å². The molecule has 16 nitrogen and oxygen atoms in total. The van der Waals surface area contributed by atoms with E-state index < -0.39 is 89.6 Å². The van der Waals surface area contributed by atoms with Gasteiger partial charge in [-0.3, -0.25) is 24.0 Å². The molecule has 2 aromatic carbocycles. The van der Waals surface area contributed by atoms with Crippen LogP contribution in [0, 0.1) is 11.8 Å². The van der Waals surface area contributed by atoms with Gasteiger partial charge in [0.2, 0.25) is 29.5 Å². The maximum absolute atomic E-state index is 14.1. The number of amides is 7. The number of rotatable bonds is 11. The van der Waals surface area contributed by atoms with Gasteiger partial charge in [0.25, 0.3) is 0 Å². The lowest BCUT2D eigenvalue weighted by Gasteiger charge is -2.31. The molecule has 57 heavy (non-hydrogen) atoms. The second-order valence-corrected chi connectivity index (χ2v) is 15.0. The van der Waals surface area contributed by atoms with E-state index in [0.717, 1.165) is 11.1 Å². The second-order valence-electron chi connectivity index (χ2n) is 15.0. The zero-order valence-corrected chi connectivity index (χ0v) is 33.7. The molecule has 0 bridgehead atoms. The molecule has 7 atom stereocenters. The normalized spacial score (nSPS) is 23.0. The summed E-state index contributed by atoms with van der Waals surface area (Å²) in [6.07, 6.45) is 1.82. The lowest BCUT2D eigenvalue weighted by atomic mass is 9.99. The first-order valence-corrected chi connectivity index (χ1v) is 19.6. The Kier molecular flexibility index (Phi) is 17.8. The molecule has 0 aromatic heterocycles. The number of phenolic OH excluding ortho intramolecular Hbond substituents is 1. The van der Waals surface area contributed by atoms with Gasteiger partial charge >= 0.3 is 12.0 Å². The van der Waals surface area contributed by atoms with E-state index >= 15 is 0 Å². The molecule has 0 unspecified atom stereocenters. The van der Waals surface area contributed by atoms with Crippen molar-refractivity contribution in [1.29, 1.82) is 0 Å². The summed E-state index contributed by atoms with van der Waals surface area (Å²) in [5.74, 6) is -5.06. The molecule has 1 aliphatic heterocycles. The van der Waals surface area contributed by atoms with Crippen LogP contribution in [0.25, 0.3) is 0 Å². The Balaban J connectivity index is 1.98. The van der Waals surface area contributed by atoms with Crippen LogP contribution in [0.4, 0.5) is 4.79 Å². The number of aromatic hydroxyl groups is 1. The number of aliphatic carboxylic acids is 1. The summed E-state index contributed by atoms with van der Waals surface area (Å²) in [5, 5.41) is 35.7. The number of carboxylic acid groups (broad SMARTS) is 1. The highest BCUT2D eigenvalue weighted by Gasteiger charge is 2.35. The zero-order valence-electron chi connectivity index (χ0n) is 33.7. The minimum atomic E-state index is -1.23. The smallest absolute Gasteiger partial charge is 0.326 e. The summed E-state index contributed by atoms with van der Waals surface area (Å²) in [7, 11) is 1.43. The van der Waals surface area contributed by atoms with Gasteiger partial charge in [-0.1, -0.05) is 76.6 Å². The number of hydrogen-bond acceptors (Lipinski definition) is 8. The molecule has 3 rings (SSSR count). The van der Waals surface area contributed by atoms with Crippen LogP contribution >= 0.6 is 0 Å². The Labute approximate surface area is 334 Å². The van der Waals surface area contributed by atoms with Gasteiger partial charge in [0.15, 0.2) is 0 Å². The number of carbonyl (C=O) groups excluding carboxylic acids is 6. The van der Waals surface area contributed by atoms with Gasteiger partial charge in [-0.2, -0.15) is 0 Å². The summed E-state index contributed by atoms with van der Waals surface area (Å²) in [6.45, 7) is 8.58. The first kappa shape index (κ1) is 45.7. The summed E-state index contributed by atoms with van der Waals surface area (Å²) in [6, 6.07) is 7.83. The summed E-state index contributed by atoms with van der Waals surface area (Å²) in [4.78, 5) is 95.5. The van der Waals surface area contributed by atoms with Crippen LogP contribution in [-0.2, 0) is 41.6 Å². The number of aryl methyl sites for hydroxylation is 1. The molecule has 1 fully saturated rings. The van der Waals surface area contributed by atoms with Gasteiger partial charge in [0, 0.05) is 20.0 Å². The topological polar surface area (TPSA) is 235 Å². The molecule has 16 heteroatoms. The lowest BCUT2D eigenvalue weighted by molar-refractivity contribution is -0.142. The van der Waals surface area contributed by atoms with Crippen molar-refractivity contribution < 1.29 is 43.8 Å². The monoisotopic (exact) mass is 793 g/mol.